The molecule has 12 nitrogen and oxygen atoms in total. The molecule has 0 saturated carbocycles. The molecule has 31 heavy (non-hydrogen) atoms. The van der Waals surface area contributed by atoms with Crippen LogP contribution in [-0.2, 0) is 13.8 Å². The van der Waals surface area contributed by atoms with Crippen molar-refractivity contribution in [3.63, 3.8) is 0 Å². The zero-order chi connectivity index (χ0) is 22.9. The first-order valence-electron chi connectivity index (χ1n) is 9.87. The van der Waals surface area contributed by atoms with Gasteiger partial charge < -0.3 is 24.0 Å². The lowest BCUT2D eigenvalue weighted by Gasteiger charge is -2.29. The Bertz CT molecular complexity index is 1150. The number of hydrogen-bond acceptors (Lipinski definition) is 8. The highest BCUT2D eigenvalue weighted by molar-refractivity contribution is 7.52. The van der Waals surface area contributed by atoms with Gasteiger partial charge in [-0.1, -0.05) is 6.92 Å². The van der Waals surface area contributed by atoms with Crippen molar-refractivity contribution in [3.8, 4) is 0 Å². The van der Waals surface area contributed by atoms with E-state index in [0.717, 1.165) is 10.6 Å². The molecule has 2 heterocycles. The highest BCUT2D eigenvalue weighted by atomic mass is 31.2. The molecule has 0 aliphatic carbocycles. The number of benzene rings is 1. The van der Waals surface area contributed by atoms with Crippen LogP contribution in [0.4, 0.5) is 11.4 Å². The summed E-state index contributed by atoms with van der Waals surface area (Å²) < 4.78 is 24.3. The summed E-state index contributed by atoms with van der Waals surface area (Å²) >= 11 is 0. The Morgan fingerprint density at radius 3 is 2.55 bits per heavy atom. The van der Waals surface area contributed by atoms with Gasteiger partial charge in [0.15, 0.2) is 0 Å². The molecule has 1 aromatic heterocycles. The molecule has 1 aliphatic rings. The molecule has 0 amide bonds. The van der Waals surface area contributed by atoms with E-state index in [1.807, 2.05) is 0 Å². The van der Waals surface area contributed by atoms with Gasteiger partial charge in [0.05, 0.1) is 35.3 Å². The maximum atomic E-state index is 12.9. The molecule has 0 radical (unpaired) electrons. The number of aromatic amines is 1. The lowest BCUT2D eigenvalue weighted by Crippen LogP contribution is -2.39. The SMILES string of the molecule is CCC(C)OP(=O)(O)C(C)n1c(=O)c(=O)[nH]c2cc([N+](=O)[O-])c(N3CCOCC3)cc21. The van der Waals surface area contributed by atoms with Crippen LogP contribution in [0.2, 0.25) is 0 Å². The summed E-state index contributed by atoms with van der Waals surface area (Å²) in [6.45, 7) is 6.23. The number of nitrogens with zero attached hydrogens (tertiary/aromatic N) is 3. The summed E-state index contributed by atoms with van der Waals surface area (Å²) in [6, 6.07) is 2.54. The Balaban J connectivity index is 2.26. The number of ether oxygens (including phenoxy) is 1. The average Bonchev–Trinajstić information content (AvgIpc) is 2.73. The number of H-pyrrole nitrogens is 1. The van der Waals surface area contributed by atoms with Crippen LogP contribution in [0.15, 0.2) is 21.7 Å². The molecule has 3 rings (SSSR count). The van der Waals surface area contributed by atoms with E-state index in [-0.39, 0.29) is 22.4 Å². The summed E-state index contributed by atoms with van der Waals surface area (Å²) in [5.74, 6) is -1.39. The first-order valence-corrected chi connectivity index (χ1v) is 11.5. The van der Waals surface area contributed by atoms with Crippen molar-refractivity contribution < 1.29 is 23.6 Å². The van der Waals surface area contributed by atoms with Gasteiger partial charge in [0.2, 0.25) is 0 Å². The van der Waals surface area contributed by atoms with E-state index < -0.39 is 35.5 Å². The largest absolute Gasteiger partial charge is 0.378 e. The van der Waals surface area contributed by atoms with Gasteiger partial charge in [-0.3, -0.25) is 28.8 Å². The van der Waals surface area contributed by atoms with Crippen molar-refractivity contribution in [2.45, 2.75) is 39.1 Å². The molecule has 13 heteroatoms. The number of rotatable bonds is 7. The van der Waals surface area contributed by atoms with Gasteiger partial charge in [-0.25, -0.2) is 0 Å². The Labute approximate surface area is 177 Å². The quantitative estimate of drug-likeness (QED) is 0.275. The summed E-state index contributed by atoms with van der Waals surface area (Å²) in [4.78, 5) is 50.6. The molecule has 1 fully saturated rings. The van der Waals surface area contributed by atoms with E-state index in [0.29, 0.717) is 32.7 Å². The summed E-state index contributed by atoms with van der Waals surface area (Å²) in [5.41, 5.74) is -2.05. The van der Waals surface area contributed by atoms with Crippen molar-refractivity contribution in [2.75, 3.05) is 31.2 Å². The fraction of sp³-hybridized carbons (Fsp3) is 0.556. The second-order valence-electron chi connectivity index (χ2n) is 7.36. The van der Waals surface area contributed by atoms with Gasteiger partial charge in [0, 0.05) is 19.2 Å². The molecule has 2 aromatic rings. The Hall–Kier alpha value is -2.53. The van der Waals surface area contributed by atoms with Crippen LogP contribution in [-0.4, -0.2) is 51.8 Å². The van der Waals surface area contributed by atoms with E-state index in [1.165, 1.54) is 13.0 Å². The molecular formula is C18H25N4O8P. The average molecular weight is 456 g/mol. The van der Waals surface area contributed by atoms with Gasteiger partial charge in [-0.15, -0.1) is 0 Å². The molecule has 1 aromatic carbocycles. The predicted octanol–water partition coefficient (Wildman–Crippen LogP) is 1.95. The lowest BCUT2D eigenvalue weighted by atomic mass is 10.2. The third-order valence-electron chi connectivity index (χ3n) is 5.31. The standard InChI is InChI=1S/C18H25N4O8P/c1-4-11(2)30-31(27,28)12(3)21-14-10-15(20-5-7-29-8-6-20)16(22(25)26)9-13(14)19-17(23)18(21)24/h9-12H,4-8H2,1-3H3,(H,19,23)(H,27,28). The third kappa shape index (κ3) is 4.57. The van der Waals surface area contributed by atoms with Crippen LogP contribution < -0.4 is 16.0 Å². The van der Waals surface area contributed by atoms with E-state index in [9.17, 15) is 29.2 Å². The van der Waals surface area contributed by atoms with Crippen LogP contribution in [0.5, 0.6) is 0 Å². The highest BCUT2D eigenvalue weighted by Crippen LogP contribution is 2.55. The minimum Gasteiger partial charge on any atom is -0.378 e. The van der Waals surface area contributed by atoms with E-state index in [1.54, 1.807) is 18.7 Å². The Morgan fingerprint density at radius 2 is 1.97 bits per heavy atom. The number of nitro benzene ring substituents is 1. The van der Waals surface area contributed by atoms with Crippen molar-refractivity contribution in [1.29, 1.82) is 0 Å². The smallest absolute Gasteiger partial charge is 0.350 e. The van der Waals surface area contributed by atoms with Crippen LogP contribution in [0.25, 0.3) is 11.0 Å². The first-order chi connectivity index (χ1) is 14.6. The van der Waals surface area contributed by atoms with Gasteiger partial charge >= 0.3 is 18.7 Å². The van der Waals surface area contributed by atoms with E-state index in [2.05, 4.69) is 4.98 Å². The zero-order valence-electron chi connectivity index (χ0n) is 17.4. The monoisotopic (exact) mass is 456 g/mol. The van der Waals surface area contributed by atoms with Crippen molar-refractivity contribution in [2.24, 2.45) is 0 Å². The van der Waals surface area contributed by atoms with E-state index >= 15 is 0 Å². The number of nitro groups is 1. The number of fused-ring (bicyclic) bond motifs is 1. The topological polar surface area (TPSA) is 157 Å². The maximum Gasteiger partial charge on any atom is 0.350 e. The zero-order valence-corrected chi connectivity index (χ0v) is 18.3. The van der Waals surface area contributed by atoms with Crippen LogP contribution in [0, 0.1) is 10.1 Å². The number of aromatic nitrogens is 2. The second-order valence-corrected chi connectivity index (χ2v) is 9.45. The maximum absolute atomic E-state index is 12.9. The van der Waals surface area contributed by atoms with Crippen LogP contribution in [0.1, 0.15) is 33.0 Å². The van der Waals surface area contributed by atoms with Gasteiger partial charge in [-0.2, -0.15) is 0 Å². The Kier molecular flexibility index (Phi) is 6.65. The number of hydrogen-bond donors (Lipinski definition) is 2. The molecule has 2 N–H and O–H groups in total. The molecule has 3 atom stereocenters. The van der Waals surface area contributed by atoms with Crippen molar-refractivity contribution in [3.05, 3.63) is 43.0 Å². The number of anilines is 1. The molecular weight excluding hydrogens is 431 g/mol. The molecule has 0 bridgehead atoms. The fourth-order valence-corrected chi connectivity index (χ4v) is 4.76. The Morgan fingerprint density at radius 1 is 1.32 bits per heavy atom. The van der Waals surface area contributed by atoms with Gasteiger partial charge in [0.25, 0.3) is 5.69 Å². The van der Waals surface area contributed by atoms with Crippen LogP contribution >= 0.6 is 7.60 Å². The molecule has 170 valence electrons. The lowest BCUT2D eigenvalue weighted by molar-refractivity contribution is -0.384. The van der Waals surface area contributed by atoms with Crippen molar-refractivity contribution >= 4 is 30.0 Å². The van der Waals surface area contributed by atoms with Gasteiger partial charge in [-0.05, 0) is 26.3 Å². The normalized spacial score (nSPS) is 18.5. The van der Waals surface area contributed by atoms with Crippen LogP contribution in [0.3, 0.4) is 0 Å². The van der Waals surface area contributed by atoms with Crippen molar-refractivity contribution in [1.82, 2.24) is 9.55 Å². The van der Waals surface area contributed by atoms with E-state index in [4.69, 9.17) is 9.26 Å². The molecule has 1 aliphatic heterocycles. The predicted molar refractivity (Wildman–Crippen MR) is 114 cm³/mol. The summed E-state index contributed by atoms with van der Waals surface area (Å²) in [7, 11) is -4.36. The molecule has 1 saturated heterocycles. The molecule has 0 spiro atoms. The number of nitrogens with one attached hydrogen (secondary N) is 1. The summed E-state index contributed by atoms with van der Waals surface area (Å²) in [6.07, 6.45) is -0.0809. The number of morpholine rings is 1. The third-order valence-corrected chi connectivity index (χ3v) is 7.15. The summed E-state index contributed by atoms with van der Waals surface area (Å²) in [5, 5.41) is 11.7. The molecule has 3 unspecified atom stereocenters. The van der Waals surface area contributed by atoms with Gasteiger partial charge in [0.1, 0.15) is 11.5 Å². The fourth-order valence-electron chi connectivity index (χ4n) is 3.40. The minimum atomic E-state index is -4.36. The minimum absolute atomic E-state index is 0.00343. The highest BCUT2D eigenvalue weighted by Gasteiger charge is 2.35. The second kappa shape index (κ2) is 8.91. The first kappa shape index (κ1) is 23.1.